The summed E-state index contributed by atoms with van der Waals surface area (Å²) in [5.74, 6) is 0. The lowest BCUT2D eigenvalue weighted by molar-refractivity contribution is 0.183. The smallest absolute Gasteiger partial charge is 0.103 e. The fourth-order valence-corrected chi connectivity index (χ4v) is 1.81. The summed E-state index contributed by atoms with van der Waals surface area (Å²) in [5, 5.41) is 9.20. The van der Waals surface area contributed by atoms with Crippen molar-refractivity contribution < 1.29 is 4.74 Å². The summed E-state index contributed by atoms with van der Waals surface area (Å²) in [7, 11) is 3.65. The summed E-state index contributed by atoms with van der Waals surface area (Å²) < 4.78 is 5.14. The van der Waals surface area contributed by atoms with Gasteiger partial charge in [-0.1, -0.05) is 0 Å². The monoisotopic (exact) mass is 233 g/mol. The highest BCUT2D eigenvalue weighted by molar-refractivity contribution is 5.61. The first kappa shape index (κ1) is 13.5. The molecule has 4 heteroatoms. The minimum atomic E-state index is 0.216. The van der Waals surface area contributed by atoms with Gasteiger partial charge in [0.05, 0.1) is 23.6 Å². The minimum Gasteiger partial charge on any atom is -0.383 e. The van der Waals surface area contributed by atoms with E-state index in [0.717, 1.165) is 17.1 Å². The van der Waals surface area contributed by atoms with E-state index >= 15 is 0 Å². The number of hydrogen-bond donors (Lipinski definition) is 0. The molecule has 0 saturated carbocycles. The van der Waals surface area contributed by atoms with Crippen LogP contribution in [0, 0.1) is 25.2 Å². The zero-order valence-corrected chi connectivity index (χ0v) is 11.1. The van der Waals surface area contributed by atoms with E-state index in [0.29, 0.717) is 12.2 Å². The van der Waals surface area contributed by atoms with E-state index < -0.39 is 0 Å². The molecule has 4 nitrogen and oxygen atoms in total. The molecule has 1 rings (SSSR count). The Morgan fingerprint density at radius 2 is 2.18 bits per heavy atom. The Labute approximate surface area is 103 Å². The van der Waals surface area contributed by atoms with Crippen molar-refractivity contribution in [3.63, 3.8) is 0 Å². The highest BCUT2D eigenvalue weighted by atomic mass is 16.5. The van der Waals surface area contributed by atoms with Gasteiger partial charge in [0, 0.05) is 25.9 Å². The molecule has 1 unspecified atom stereocenters. The number of aromatic nitrogens is 1. The first-order valence-corrected chi connectivity index (χ1v) is 5.61. The topological polar surface area (TPSA) is 49.1 Å². The molecular weight excluding hydrogens is 214 g/mol. The van der Waals surface area contributed by atoms with Gasteiger partial charge >= 0.3 is 0 Å². The van der Waals surface area contributed by atoms with Gasteiger partial charge in [0.25, 0.3) is 0 Å². The molecule has 0 saturated heterocycles. The van der Waals surface area contributed by atoms with Crippen LogP contribution in [0.2, 0.25) is 0 Å². The summed E-state index contributed by atoms with van der Waals surface area (Å²) in [6.45, 7) is 6.49. The highest BCUT2D eigenvalue weighted by Crippen LogP contribution is 2.23. The van der Waals surface area contributed by atoms with E-state index in [1.165, 1.54) is 0 Å². The molecule has 0 N–H and O–H groups in total. The summed E-state index contributed by atoms with van der Waals surface area (Å²) in [5.41, 5.74) is 3.26. The Kier molecular flexibility index (Phi) is 4.47. The Hall–Kier alpha value is -1.60. The number of nitriles is 1. The van der Waals surface area contributed by atoms with E-state index in [2.05, 4.69) is 22.9 Å². The quantitative estimate of drug-likeness (QED) is 0.798. The van der Waals surface area contributed by atoms with Crippen molar-refractivity contribution in [2.45, 2.75) is 26.8 Å². The van der Waals surface area contributed by atoms with Gasteiger partial charge in [-0.3, -0.25) is 4.98 Å². The molecule has 1 aromatic rings. The highest BCUT2D eigenvalue weighted by Gasteiger charge is 2.16. The molecule has 0 spiro atoms. The van der Waals surface area contributed by atoms with E-state index in [1.807, 2.05) is 27.0 Å². The molecule has 0 aromatic carbocycles. The third-order valence-corrected chi connectivity index (χ3v) is 2.87. The molecule has 0 aliphatic carbocycles. The minimum absolute atomic E-state index is 0.216. The lowest BCUT2D eigenvalue weighted by Crippen LogP contribution is -2.33. The molecule has 92 valence electrons. The van der Waals surface area contributed by atoms with Crippen LogP contribution in [-0.2, 0) is 4.74 Å². The Balaban J connectivity index is 3.16. The average Bonchev–Trinajstić information content (AvgIpc) is 2.27. The Morgan fingerprint density at radius 1 is 1.53 bits per heavy atom. The van der Waals surface area contributed by atoms with Crippen LogP contribution in [0.1, 0.15) is 23.9 Å². The molecular formula is C13H19N3O. The van der Waals surface area contributed by atoms with Crippen LogP contribution in [0.3, 0.4) is 0 Å². The molecule has 0 aliphatic rings. The van der Waals surface area contributed by atoms with Crippen molar-refractivity contribution in [3.8, 4) is 6.07 Å². The van der Waals surface area contributed by atoms with Crippen LogP contribution in [0.5, 0.6) is 0 Å². The molecule has 1 aromatic heterocycles. The van der Waals surface area contributed by atoms with E-state index in [1.54, 1.807) is 7.11 Å². The van der Waals surface area contributed by atoms with Crippen molar-refractivity contribution >= 4 is 5.69 Å². The van der Waals surface area contributed by atoms with Crippen LogP contribution in [-0.4, -0.2) is 31.8 Å². The average molecular weight is 233 g/mol. The first-order chi connectivity index (χ1) is 8.01. The summed E-state index contributed by atoms with van der Waals surface area (Å²) in [6.07, 6.45) is 0. The number of ether oxygens (including phenoxy) is 1. The van der Waals surface area contributed by atoms with Gasteiger partial charge in [0.15, 0.2) is 0 Å². The zero-order chi connectivity index (χ0) is 13.0. The number of likely N-dealkylation sites (N-methyl/N-ethyl adjacent to an activating group) is 1. The lowest BCUT2D eigenvalue weighted by atomic mass is 10.1. The predicted octanol–water partition coefficient (Wildman–Crippen LogP) is 2.04. The van der Waals surface area contributed by atoms with Gasteiger partial charge in [-0.05, 0) is 26.8 Å². The Morgan fingerprint density at radius 3 is 2.71 bits per heavy atom. The fourth-order valence-electron chi connectivity index (χ4n) is 1.81. The standard InChI is InChI=1S/C13H19N3O/c1-9-6-13(12(7-14)11(3)15-9)16(4)10(2)8-17-5/h6,10H,8H2,1-5H3. The number of methoxy groups -OCH3 is 1. The van der Waals surface area contributed by atoms with Crippen molar-refractivity contribution in [3.05, 3.63) is 23.0 Å². The van der Waals surface area contributed by atoms with Crippen LogP contribution >= 0.6 is 0 Å². The maximum absolute atomic E-state index is 9.20. The molecule has 17 heavy (non-hydrogen) atoms. The summed E-state index contributed by atoms with van der Waals surface area (Å²) in [6, 6.07) is 4.38. The molecule has 0 radical (unpaired) electrons. The number of anilines is 1. The molecule has 0 aliphatic heterocycles. The van der Waals surface area contributed by atoms with Gasteiger partial charge in [0.1, 0.15) is 6.07 Å². The molecule has 0 bridgehead atoms. The van der Waals surface area contributed by atoms with Crippen molar-refractivity contribution in [1.29, 1.82) is 5.26 Å². The van der Waals surface area contributed by atoms with Gasteiger partial charge in [-0.25, -0.2) is 0 Å². The maximum Gasteiger partial charge on any atom is 0.103 e. The normalized spacial score (nSPS) is 12.0. The molecule has 0 amide bonds. The van der Waals surface area contributed by atoms with Crippen molar-refractivity contribution in [1.82, 2.24) is 4.98 Å². The van der Waals surface area contributed by atoms with Crippen LogP contribution in [0.15, 0.2) is 6.07 Å². The van der Waals surface area contributed by atoms with Crippen molar-refractivity contribution in [2.75, 3.05) is 25.7 Å². The third-order valence-electron chi connectivity index (χ3n) is 2.87. The summed E-state index contributed by atoms with van der Waals surface area (Å²) in [4.78, 5) is 6.37. The second-order valence-electron chi connectivity index (χ2n) is 4.27. The zero-order valence-electron chi connectivity index (χ0n) is 11.1. The first-order valence-electron chi connectivity index (χ1n) is 5.61. The lowest BCUT2D eigenvalue weighted by Gasteiger charge is -2.27. The van der Waals surface area contributed by atoms with E-state index in [9.17, 15) is 5.26 Å². The Bertz CT molecular complexity index is 437. The number of pyridine rings is 1. The van der Waals surface area contributed by atoms with Crippen LogP contribution in [0.4, 0.5) is 5.69 Å². The number of nitrogens with zero attached hydrogens (tertiary/aromatic N) is 3. The van der Waals surface area contributed by atoms with E-state index in [-0.39, 0.29) is 6.04 Å². The van der Waals surface area contributed by atoms with Crippen LogP contribution in [0.25, 0.3) is 0 Å². The number of hydrogen-bond acceptors (Lipinski definition) is 4. The predicted molar refractivity (Wildman–Crippen MR) is 68.2 cm³/mol. The fraction of sp³-hybridized carbons (Fsp3) is 0.538. The van der Waals surface area contributed by atoms with Gasteiger partial charge in [-0.2, -0.15) is 5.26 Å². The SMILES string of the molecule is COCC(C)N(C)c1cc(C)nc(C)c1C#N. The molecule has 0 fully saturated rings. The second-order valence-corrected chi connectivity index (χ2v) is 4.27. The second kappa shape index (κ2) is 5.65. The maximum atomic E-state index is 9.20. The number of aryl methyl sites for hydroxylation is 2. The van der Waals surface area contributed by atoms with Gasteiger partial charge in [-0.15, -0.1) is 0 Å². The molecule has 1 atom stereocenters. The number of rotatable bonds is 4. The van der Waals surface area contributed by atoms with E-state index in [4.69, 9.17) is 4.74 Å². The third kappa shape index (κ3) is 2.95. The van der Waals surface area contributed by atoms with Gasteiger partial charge < -0.3 is 9.64 Å². The van der Waals surface area contributed by atoms with Crippen molar-refractivity contribution in [2.24, 2.45) is 0 Å². The largest absolute Gasteiger partial charge is 0.383 e. The molecule has 1 heterocycles. The van der Waals surface area contributed by atoms with Gasteiger partial charge in [0.2, 0.25) is 0 Å². The van der Waals surface area contributed by atoms with Crippen LogP contribution < -0.4 is 4.90 Å². The summed E-state index contributed by atoms with van der Waals surface area (Å²) >= 11 is 0.